The molecule has 1 aromatic carbocycles. The molecule has 0 bridgehead atoms. The Bertz CT molecular complexity index is 795. The molecule has 0 unspecified atom stereocenters. The lowest BCUT2D eigenvalue weighted by Gasteiger charge is -2.33. The second kappa shape index (κ2) is 8.37. The molecule has 1 saturated heterocycles. The molecule has 152 valence electrons. The second-order valence-corrected chi connectivity index (χ2v) is 7.57. The first-order valence-corrected chi connectivity index (χ1v) is 8.91. The van der Waals surface area contributed by atoms with Gasteiger partial charge in [-0.2, -0.15) is 4.39 Å². The van der Waals surface area contributed by atoms with Crippen molar-refractivity contribution in [2.75, 3.05) is 13.1 Å². The summed E-state index contributed by atoms with van der Waals surface area (Å²) >= 11 is 0. The molecule has 0 atom stereocenters. The van der Waals surface area contributed by atoms with Crippen molar-refractivity contribution in [1.82, 2.24) is 10.2 Å². The molecule has 1 aliphatic heterocycles. The van der Waals surface area contributed by atoms with Gasteiger partial charge in [0, 0.05) is 25.2 Å². The van der Waals surface area contributed by atoms with Gasteiger partial charge in [-0.05, 0) is 45.2 Å². The third kappa shape index (κ3) is 5.28. The lowest BCUT2D eigenvalue weighted by atomic mass is 10.0. The van der Waals surface area contributed by atoms with E-state index >= 15 is 0 Å². The minimum absolute atomic E-state index is 0.0160. The van der Waals surface area contributed by atoms with Crippen LogP contribution in [0.1, 0.15) is 49.5 Å². The van der Waals surface area contributed by atoms with Crippen molar-refractivity contribution in [1.29, 1.82) is 0 Å². The van der Waals surface area contributed by atoms with Gasteiger partial charge in [0.25, 0.3) is 5.91 Å². The zero-order valence-electron chi connectivity index (χ0n) is 16.2. The first kappa shape index (κ1) is 21.3. The van der Waals surface area contributed by atoms with Crippen LogP contribution in [-0.2, 0) is 4.74 Å². The summed E-state index contributed by atoms with van der Waals surface area (Å²) in [5.74, 6) is -1.57. The number of benzene rings is 1. The number of nitrogens with one attached hydrogen (secondary N) is 1. The number of nitro benzene ring substituents is 1. The molecule has 2 amide bonds. The molecule has 28 heavy (non-hydrogen) atoms. The number of hydrogen-bond acceptors (Lipinski definition) is 5. The maximum absolute atomic E-state index is 13.8. The van der Waals surface area contributed by atoms with Crippen LogP contribution in [-0.4, -0.2) is 46.6 Å². The van der Waals surface area contributed by atoms with E-state index in [0.29, 0.717) is 25.9 Å². The summed E-state index contributed by atoms with van der Waals surface area (Å²) in [4.78, 5) is 36.3. The van der Waals surface area contributed by atoms with Crippen LogP contribution in [0.4, 0.5) is 14.9 Å². The Morgan fingerprint density at radius 2 is 1.96 bits per heavy atom. The number of amides is 2. The van der Waals surface area contributed by atoms with E-state index in [4.69, 9.17) is 4.74 Å². The maximum atomic E-state index is 13.8. The highest BCUT2D eigenvalue weighted by Gasteiger charge is 2.28. The number of ether oxygens (including phenoxy) is 1. The lowest BCUT2D eigenvalue weighted by Crippen LogP contribution is -2.47. The number of halogens is 1. The Morgan fingerprint density at radius 1 is 1.36 bits per heavy atom. The van der Waals surface area contributed by atoms with Gasteiger partial charge >= 0.3 is 11.8 Å². The Labute approximate surface area is 162 Å². The van der Waals surface area contributed by atoms with E-state index in [1.807, 2.05) is 0 Å². The zero-order chi connectivity index (χ0) is 21.1. The largest absolute Gasteiger partial charge is 0.444 e. The standard InChI is InChI=1S/C19H24FN3O5/c1-5-12-10-15(20)16(23(26)27)11-14(12)17(24)21-13-6-8-22(9-7-13)18(25)28-19(2,3)4/h5,10-11,13H,1,6-9H2,2-4H3,(H,21,24). The van der Waals surface area contributed by atoms with E-state index < -0.39 is 34.0 Å². The summed E-state index contributed by atoms with van der Waals surface area (Å²) in [6.45, 7) is 9.72. The van der Waals surface area contributed by atoms with E-state index in [0.717, 1.165) is 12.1 Å². The number of hydrogen-bond donors (Lipinski definition) is 1. The number of nitro groups is 1. The molecule has 8 nitrogen and oxygen atoms in total. The molecule has 1 aliphatic rings. The third-order valence-corrected chi connectivity index (χ3v) is 4.26. The predicted octanol–water partition coefficient (Wildman–Crippen LogP) is 3.51. The van der Waals surface area contributed by atoms with E-state index in [1.165, 1.54) is 6.08 Å². The smallest absolute Gasteiger partial charge is 0.410 e. The average Bonchev–Trinajstić information content (AvgIpc) is 2.60. The van der Waals surface area contributed by atoms with Gasteiger partial charge in [0.15, 0.2) is 0 Å². The number of carbonyl (C=O) groups is 2. The molecule has 2 rings (SSSR count). The number of rotatable bonds is 4. The Balaban J connectivity index is 2.03. The van der Waals surface area contributed by atoms with Gasteiger partial charge in [-0.25, -0.2) is 4.79 Å². The first-order chi connectivity index (χ1) is 13.0. The van der Waals surface area contributed by atoms with Crippen molar-refractivity contribution in [3.8, 4) is 0 Å². The fourth-order valence-electron chi connectivity index (χ4n) is 2.88. The van der Waals surface area contributed by atoms with Crippen LogP contribution >= 0.6 is 0 Å². The third-order valence-electron chi connectivity index (χ3n) is 4.26. The van der Waals surface area contributed by atoms with E-state index in [2.05, 4.69) is 11.9 Å². The molecule has 0 saturated carbocycles. The Hall–Kier alpha value is -2.97. The predicted molar refractivity (Wildman–Crippen MR) is 101 cm³/mol. The topological polar surface area (TPSA) is 102 Å². The normalized spacial score (nSPS) is 15.1. The van der Waals surface area contributed by atoms with Gasteiger partial charge in [-0.1, -0.05) is 12.7 Å². The highest BCUT2D eigenvalue weighted by Crippen LogP contribution is 2.24. The minimum atomic E-state index is -1.03. The van der Waals surface area contributed by atoms with Gasteiger partial charge < -0.3 is 15.0 Å². The van der Waals surface area contributed by atoms with Crippen LogP contribution in [0.5, 0.6) is 0 Å². The van der Waals surface area contributed by atoms with Gasteiger partial charge in [-0.15, -0.1) is 0 Å². The first-order valence-electron chi connectivity index (χ1n) is 8.91. The maximum Gasteiger partial charge on any atom is 0.410 e. The Morgan fingerprint density at radius 3 is 2.46 bits per heavy atom. The van der Waals surface area contributed by atoms with E-state index in [9.17, 15) is 24.1 Å². The molecule has 0 spiro atoms. The average molecular weight is 393 g/mol. The summed E-state index contributed by atoms with van der Waals surface area (Å²) < 4.78 is 19.1. The van der Waals surface area contributed by atoms with Crippen LogP contribution in [0.2, 0.25) is 0 Å². The summed E-state index contributed by atoms with van der Waals surface area (Å²) in [6, 6.07) is 1.62. The monoisotopic (exact) mass is 393 g/mol. The molecule has 1 N–H and O–H groups in total. The Kier molecular flexibility index (Phi) is 6.37. The molecule has 1 heterocycles. The molecule has 0 aliphatic carbocycles. The summed E-state index contributed by atoms with van der Waals surface area (Å²) in [6.07, 6.45) is 1.89. The van der Waals surface area contributed by atoms with Gasteiger partial charge in [0.1, 0.15) is 5.60 Å². The number of likely N-dealkylation sites (tertiary alicyclic amines) is 1. The van der Waals surface area contributed by atoms with Crippen molar-refractivity contribution < 1.29 is 23.6 Å². The van der Waals surface area contributed by atoms with E-state index in [-0.39, 0.29) is 17.2 Å². The molecule has 0 radical (unpaired) electrons. The lowest BCUT2D eigenvalue weighted by molar-refractivity contribution is -0.387. The molecular formula is C19H24FN3O5. The summed E-state index contributed by atoms with van der Waals surface area (Å²) in [5, 5.41) is 13.7. The van der Waals surface area contributed by atoms with Crippen LogP contribution in [0, 0.1) is 15.9 Å². The summed E-state index contributed by atoms with van der Waals surface area (Å²) in [5.41, 5.74) is -1.19. The number of carbonyl (C=O) groups excluding carboxylic acids is 2. The highest BCUT2D eigenvalue weighted by molar-refractivity contribution is 5.98. The van der Waals surface area contributed by atoms with Crippen LogP contribution in [0.15, 0.2) is 18.7 Å². The van der Waals surface area contributed by atoms with Crippen LogP contribution < -0.4 is 5.32 Å². The summed E-state index contributed by atoms with van der Waals surface area (Å²) in [7, 11) is 0. The van der Waals surface area contributed by atoms with Crippen molar-refractivity contribution >= 4 is 23.8 Å². The van der Waals surface area contributed by atoms with Gasteiger partial charge in [0.05, 0.1) is 10.5 Å². The SMILES string of the molecule is C=Cc1cc(F)c([N+](=O)[O-])cc1C(=O)NC1CCN(C(=O)OC(C)(C)C)CC1. The molecule has 0 aromatic heterocycles. The fraction of sp³-hybridized carbons (Fsp3) is 0.474. The highest BCUT2D eigenvalue weighted by atomic mass is 19.1. The van der Waals surface area contributed by atoms with Crippen molar-refractivity contribution in [2.24, 2.45) is 0 Å². The minimum Gasteiger partial charge on any atom is -0.444 e. The van der Waals surface area contributed by atoms with Crippen molar-refractivity contribution in [3.63, 3.8) is 0 Å². The van der Waals surface area contributed by atoms with Crippen molar-refractivity contribution in [3.05, 3.63) is 45.8 Å². The molecule has 9 heteroatoms. The quantitative estimate of drug-likeness (QED) is 0.623. The van der Waals surface area contributed by atoms with Gasteiger partial charge in [-0.3, -0.25) is 14.9 Å². The number of piperidine rings is 1. The second-order valence-electron chi connectivity index (χ2n) is 7.57. The van der Waals surface area contributed by atoms with Crippen LogP contribution in [0.3, 0.4) is 0 Å². The van der Waals surface area contributed by atoms with Crippen LogP contribution in [0.25, 0.3) is 6.08 Å². The van der Waals surface area contributed by atoms with E-state index in [1.54, 1.807) is 25.7 Å². The fourth-order valence-corrected chi connectivity index (χ4v) is 2.88. The number of nitrogens with zero attached hydrogens (tertiary/aromatic N) is 2. The molecule has 1 aromatic rings. The van der Waals surface area contributed by atoms with Gasteiger partial charge in [0.2, 0.25) is 5.82 Å². The molecular weight excluding hydrogens is 369 g/mol. The van der Waals surface area contributed by atoms with Crippen molar-refractivity contribution in [2.45, 2.75) is 45.3 Å². The zero-order valence-corrected chi connectivity index (χ0v) is 16.2. The molecule has 1 fully saturated rings.